The Morgan fingerprint density at radius 1 is 1.00 bits per heavy atom. The smallest absolute Gasteiger partial charge is 0.0704 e. The third-order valence-corrected chi connectivity index (χ3v) is 4.66. The van der Waals surface area contributed by atoms with Gasteiger partial charge in [-0.2, -0.15) is 0 Å². The molecular formula is C21H27ClN2. The largest absolute Gasteiger partial charge is 0.343 e. The number of halogens is 1. The number of fused-ring (bicyclic) bond motifs is 1. The second kappa shape index (κ2) is 7.85. The van der Waals surface area contributed by atoms with E-state index in [4.69, 9.17) is 4.98 Å². The predicted octanol–water partition coefficient (Wildman–Crippen LogP) is 5.52. The Hall–Kier alpha value is -1.80. The summed E-state index contributed by atoms with van der Waals surface area (Å²) in [6, 6.07) is 12.9. The van der Waals surface area contributed by atoms with Gasteiger partial charge in [0, 0.05) is 23.8 Å². The van der Waals surface area contributed by atoms with Crippen LogP contribution in [0, 0.1) is 19.8 Å². The van der Waals surface area contributed by atoms with Crippen LogP contribution >= 0.6 is 12.4 Å². The maximum atomic E-state index is 4.72. The highest BCUT2D eigenvalue weighted by atomic mass is 35.5. The van der Waals surface area contributed by atoms with E-state index < -0.39 is 0 Å². The van der Waals surface area contributed by atoms with E-state index in [0.717, 1.165) is 19.4 Å². The zero-order valence-corrected chi connectivity index (χ0v) is 15.9. The highest BCUT2D eigenvalue weighted by molar-refractivity contribution is 5.87. The molecule has 0 fully saturated rings. The lowest BCUT2D eigenvalue weighted by Gasteiger charge is -2.13. The van der Waals surface area contributed by atoms with Crippen LogP contribution in [0.25, 0.3) is 10.9 Å². The Bertz CT molecular complexity index is 804. The maximum Gasteiger partial charge on any atom is 0.0704 e. The van der Waals surface area contributed by atoms with Crippen LogP contribution in [0.1, 0.15) is 36.4 Å². The van der Waals surface area contributed by atoms with Gasteiger partial charge in [-0.25, -0.2) is 0 Å². The van der Waals surface area contributed by atoms with Gasteiger partial charge < -0.3 is 4.57 Å². The first kappa shape index (κ1) is 18.5. The van der Waals surface area contributed by atoms with Crippen LogP contribution in [0.4, 0.5) is 0 Å². The van der Waals surface area contributed by atoms with Crippen molar-refractivity contribution >= 4 is 23.3 Å². The Kier molecular flexibility index (Phi) is 6.06. The maximum absolute atomic E-state index is 4.72. The van der Waals surface area contributed by atoms with Gasteiger partial charge in [0.1, 0.15) is 0 Å². The van der Waals surface area contributed by atoms with Crippen molar-refractivity contribution in [2.75, 3.05) is 0 Å². The number of rotatable bonds is 5. The summed E-state index contributed by atoms with van der Waals surface area (Å²) in [6.07, 6.45) is 4.00. The fourth-order valence-electron chi connectivity index (χ4n) is 3.35. The van der Waals surface area contributed by atoms with Crippen LogP contribution in [-0.4, -0.2) is 9.55 Å². The molecule has 0 spiro atoms. The molecule has 3 rings (SSSR count). The minimum absolute atomic E-state index is 0. The van der Waals surface area contributed by atoms with Crippen molar-refractivity contribution in [2.45, 2.75) is 47.1 Å². The summed E-state index contributed by atoms with van der Waals surface area (Å²) in [5.74, 6) is 0.630. The van der Waals surface area contributed by atoms with E-state index in [-0.39, 0.29) is 12.4 Å². The quantitative estimate of drug-likeness (QED) is 0.597. The molecule has 0 aliphatic rings. The van der Waals surface area contributed by atoms with Crippen LogP contribution in [0.2, 0.25) is 0 Å². The van der Waals surface area contributed by atoms with Crippen LogP contribution in [0.15, 0.2) is 42.6 Å². The zero-order valence-electron chi connectivity index (χ0n) is 15.0. The Morgan fingerprint density at radius 2 is 1.71 bits per heavy atom. The SMILES string of the molecule is Cc1c(C)n(CC(C)C)c2c(CCc3ccccc3)nccc12.Cl. The third kappa shape index (κ3) is 3.64. The fraction of sp³-hybridized carbons (Fsp3) is 0.381. The molecule has 0 saturated heterocycles. The minimum Gasteiger partial charge on any atom is -0.343 e. The van der Waals surface area contributed by atoms with E-state index in [1.807, 2.05) is 6.20 Å². The van der Waals surface area contributed by atoms with Gasteiger partial charge in [0.2, 0.25) is 0 Å². The fourth-order valence-corrected chi connectivity index (χ4v) is 3.35. The van der Waals surface area contributed by atoms with E-state index >= 15 is 0 Å². The summed E-state index contributed by atoms with van der Waals surface area (Å²) in [4.78, 5) is 4.72. The Balaban J connectivity index is 0.00000208. The molecule has 0 atom stereocenters. The predicted molar refractivity (Wildman–Crippen MR) is 105 cm³/mol. The Morgan fingerprint density at radius 3 is 2.38 bits per heavy atom. The summed E-state index contributed by atoms with van der Waals surface area (Å²) in [5.41, 5.74) is 6.71. The van der Waals surface area contributed by atoms with Crippen LogP contribution in [-0.2, 0) is 19.4 Å². The molecule has 24 heavy (non-hydrogen) atoms. The average molecular weight is 343 g/mol. The molecule has 3 aromatic rings. The lowest BCUT2D eigenvalue weighted by molar-refractivity contribution is 0.526. The highest BCUT2D eigenvalue weighted by Crippen LogP contribution is 2.28. The lowest BCUT2D eigenvalue weighted by atomic mass is 10.1. The monoisotopic (exact) mass is 342 g/mol. The number of nitrogens with zero attached hydrogens (tertiary/aromatic N) is 2. The summed E-state index contributed by atoms with van der Waals surface area (Å²) in [7, 11) is 0. The molecule has 0 aliphatic heterocycles. The van der Waals surface area contributed by atoms with Crippen LogP contribution in [0.5, 0.6) is 0 Å². The average Bonchev–Trinajstić information content (AvgIpc) is 2.79. The molecule has 128 valence electrons. The van der Waals surface area contributed by atoms with Gasteiger partial charge in [0.05, 0.1) is 11.2 Å². The van der Waals surface area contributed by atoms with Crippen molar-refractivity contribution < 1.29 is 0 Å². The van der Waals surface area contributed by atoms with Crippen molar-refractivity contribution in [3.8, 4) is 0 Å². The summed E-state index contributed by atoms with van der Waals surface area (Å²) >= 11 is 0. The summed E-state index contributed by atoms with van der Waals surface area (Å²) in [6.45, 7) is 10.1. The van der Waals surface area contributed by atoms with Gasteiger partial charge in [0.15, 0.2) is 0 Å². The van der Waals surface area contributed by atoms with Crippen molar-refractivity contribution in [1.82, 2.24) is 9.55 Å². The van der Waals surface area contributed by atoms with Crippen molar-refractivity contribution in [3.63, 3.8) is 0 Å². The summed E-state index contributed by atoms with van der Waals surface area (Å²) < 4.78 is 2.47. The normalized spacial score (nSPS) is 11.0. The van der Waals surface area contributed by atoms with E-state index in [9.17, 15) is 0 Å². The first-order valence-electron chi connectivity index (χ1n) is 8.55. The lowest BCUT2D eigenvalue weighted by Crippen LogP contribution is -2.08. The molecule has 0 unspecified atom stereocenters. The van der Waals surface area contributed by atoms with Gasteiger partial charge in [-0.15, -0.1) is 12.4 Å². The van der Waals surface area contributed by atoms with Gasteiger partial charge in [-0.1, -0.05) is 44.2 Å². The second-order valence-electron chi connectivity index (χ2n) is 6.85. The third-order valence-electron chi connectivity index (χ3n) is 4.66. The molecular weight excluding hydrogens is 316 g/mol. The molecule has 0 aliphatic carbocycles. The molecule has 0 N–H and O–H groups in total. The molecule has 2 aromatic heterocycles. The number of hydrogen-bond acceptors (Lipinski definition) is 1. The first-order chi connectivity index (χ1) is 11.1. The number of benzene rings is 1. The Labute approximate surface area is 151 Å². The molecule has 0 amide bonds. The van der Waals surface area contributed by atoms with E-state index in [1.165, 1.54) is 33.4 Å². The van der Waals surface area contributed by atoms with Gasteiger partial charge >= 0.3 is 0 Å². The number of aryl methyl sites for hydroxylation is 3. The molecule has 0 saturated carbocycles. The molecule has 0 radical (unpaired) electrons. The van der Waals surface area contributed by atoms with Gasteiger partial charge in [-0.3, -0.25) is 4.98 Å². The molecule has 0 bridgehead atoms. The van der Waals surface area contributed by atoms with Crippen molar-refractivity contribution in [3.05, 3.63) is 65.1 Å². The van der Waals surface area contributed by atoms with Crippen LogP contribution < -0.4 is 0 Å². The molecule has 2 heterocycles. The van der Waals surface area contributed by atoms with Gasteiger partial charge in [-0.05, 0) is 49.8 Å². The first-order valence-corrected chi connectivity index (χ1v) is 8.55. The van der Waals surface area contributed by atoms with Gasteiger partial charge in [0.25, 0.3) is 0 Å². The molecule has 2 nitrogen and oxygen atoms in total. The van der Waals surface area contributed by atoms with E-state index in [2.05, 4.69) is 68.7 Å². The summed E-state index contributed by atoms with van der Waals surface area (Å²) in [5, 5.41) is 1.36. The highest BCUT2D eigenvalue weighted by Gasteiger charge is 2.15. The standard InChI is InChI=1S/C21H26N2.ClH/c1-15(2)14-23-17(4)16(3)19-12-13-22-20(21(19)23)11-10-18-8-6-5-7-9-18;/h5-9,12-13,15H,10-11,14H2,1-4H3;1H. The number of pyridine rings is 1. The molecule has 1 aromatic carbocycles. The number of hydrogen-bond donors (Lipinski definition) is 0. The molecule has 3 heteroatoms. The van der Waals surface area contributed by atoms with Crippen molar-refractivity contribution in [1.29, 1.82) is 0 Å². The topological polar surface area (TPSA) is 17.8 Å². The number of aromatic nitrogens is 2. The minimum atomic E-state index is 0. The second-order valence-corrected chi connectivity index (χ2v) is 6.85. The van der Waals surface area contributed by atoms with Crippen molar-refractivity contribution in [2.24, 2.45) is 5.92 Å². The van der Waals surface area contributed by atoms with E-state index in [1.54, 1.807) is 0 Å². The van der Waals surface area contributed by atoms with Crippen LogP contribution in [0.3, 0.4) is 0 Å². The van der Waals surface area contributed by atoms with E-state index in [0.29, 0.717) is 5.92 Å². The zero-order chi connectivity index (χ0) is 16.4.